The summed E-state index contributed by atoms with van der Waals surface area (Å²) in [6.07, 6.45) is -1.38. The number of rotatable bonds is 15. The number of hydrogen-bond acceptors (Lipinski definition) is 14. The minimum atomic E-state index is -1.30. The van der Waals surface area contributed by atoms with Crippen LogP contribution in [0.1, 0.15) is 61.3 Å². The van der Waals surface area contributed by atoms with Crippen LogP contribution in [0, 0.1) is 23.7 Å². The van der Waals surface area contributed by atoms with Crippen LogP contribution in [0.4, 0.5) is 11.4 Å². The Morgan fingerprint density at radius 2 is 1.14 bits per heavy atom. The van der Waals surface area contributed by atoms with Gasteiger partial charge < -0.3 is 56.2 Å². The van der Waals surface area contributed by atoms with E-state index in [1.807, 2.05) is 6.92 Å². The monoisotopic (exact) mass is 932 g/mol. The molecule has 65 heavy (non-hydrogen) atoms. The Morgan fingerprint density at radius 1 is 0.692 bits per heavy atom. The summed E-state index contributed by atoms with van der Waals surface area (Å²) in [6.45, 7) is 7.45. The number of carbonyl (C=O) groups is 8. The number of aliphatic carboxylic acids is 1. The fourth-order valence-corrected chi connectivity index (χ4v) is 12.8. The number of nitrogens with one attached hydrogen (secondary N) is 4. The van der Waals surface area contributed by atoms with E-state index in [1.54, 1.807) is 26.0 Å². The Balaban J connectivity index is 0.936. The standard InChI is InChI=1S/C44H48N6O13S2/c1-17-31-29(19(3)51)39(54)50(31)34(36(17)65-26-14-28(46-16-26)38(53)48-24-10-6-8-22(12-24)42(58)59)44(62)63-20(4)30-32-18(2)35(33(43(60)61)49(32)40(30)55)64-25-13-27(45-15-25)37(52)47-23-9-5-7-21(11-23)41(56)57/h5-12,17-20,25-32,45-46,51H,13-16H2,1-4H3,(H,47,52)(H,48,53)(H,56,57)(H,58,59)(H,60,61)/t17-,18-,19-,20?,25+,26+,27-,28-,29-,30-,31-,32-/m1/s1. The lowest BCUT2D eigenvalue weighted by Gasteiger charge is -2.48. The minimum Gasteiger partial charge on any atom is -0.478 e. The molecule has 0 aromatic heterocycles. The molecule has 2 aromatic rings. The molecular formula is C44H48N6O13S2. The number of hydrogen-bond donors (Lipinski definition) is 8. The van der Waals surface area contributed by atoms with Crippen LogP contribution in [0.25, 0.3) is 0 Å². The topological polar surface area (TPSA) is 281 Å². The van der Waals surface area contributed by atoms with Gasteiger partial charge in [-0.15, -0.1) is 23.5 Å². The van der Waals surface area contributed by atoms with Gasteiger partial charge in [-0.2, -0.15) is 0 Å². The van der Waals surface area contributed by atoms with Crippen molar-refractivity contribution in [3.05, 3.63) is 80.9 Å². The number of carboxylic acids is 3. The fourth-order valence-electron chi connectivity index (χ4n) is 9.90. The summed E-state index contributed by atoms with van der Waals surface area (Å²) in [5, 5.41) is 50.9. The van der Waals surface area contributed by atoms with Gasteiger partial charge in [0, 0.05) is 56.6 Å². The molecule has 2 aromatic carbocycles. The molecule has 12 atom stereocenters. The second-order valence-corrected chi connectivity index (χ2v) is 19.9. The number of aromatic carboxylic acids is 2. The van der Waals surface area contributed by atoms with E-state index in [4.69, 9.17) is 4.74 Å². The van der Waals surface area contributed by atoms with Gasteiger partial charge in [-0.05, 0) is 63.1 Å². The second-order valence-electron chi connectivity index (χ2n) is 17.2. The predicted octanol–water partition coefficient (Wildman–Crippen LogP) is 2.36. The number of aliphatic hydroxyl groups excluding tert-OH is 1. The molecule has 0 saturated carbocycles. The number of nitrogens with zero attached hydrogens (tertiary/aromatic N) is 2. The van der Waals surface area contributed by atoms with Crippen molar-refractivity contribution >= 4 is 82.4 Å². The smallest absolute Gasteiger partial charge is 0.356 e. The summed E-state index contributed by atoms with van der Waals surface area (Å²) in [7, 11) is 0. The Hall–Kier alpha value is -5.74. The van der Waals surface area contributed by atoms with E-state index in [9.17, 15) is 58.8 Å². The number of ether oxygens (including phenoxy) is 1. The van der Waals surface area contributed by atoms with Crippen LogP contribution in [0.5, 0.6) is 0 Å². The van der Waals surface area contributed by atoms with Crippen LogP contribution < -0.4 is 21.3 Å². The van der Waals surface area contributed by atoms with Crippen molar-refractivity contribution in [2.24, 2.45) is 23.7 Å². The molecule has 0 radical (unpaired) electrons. The largest absolute Gasteiger partial charge is 0.478 e. The molecule has 0 spiro atoms. The number of anilines is 2. The van der Waals surface area contributed by atoms with Crippen molar-refractivity contribution in [1.82, 2.24) is 20.4 Å². The molecular weight excluding hydrogens is 885 g/mol. The van der Waals surface area contributed by atoms with Crippen molar-refractivity contribution in [1.29, 1.82) is 0 Å². The summed E-state index contributed by atoms with van der Waals surface area (Å²) in [5.74, 6) is -8.70. The van der Waals surface area contributed by atoms with Crippen molar-refractivity contribution < 1.29 is 63.5 Å². The maximum absolute atomic E-state index is 14.3. The molecule has 19 nitrogen and oxygen atoms in total. The molecule has 4 amide bonds. The van der Waals surface area contributed by atoms with E-state index in [2.05, 4.69) is 21.3 Å². The highest BCUT2D eigenvalue weighted by Crippen LogP contribution is 2.54. The summed E-state index contributed by atoms with van der Waals surface area (Å²) < 4.78 is 6.04. The van der Waals surface area contributed by atoms with Crippen molar-refractivity contribution in [3.8, 4) is 0 Å². The van der Waals surface area contributed by atoms with E-state index in [0.29, 0.717) is 47.1 Å². The first-order chi connectivity index (χ1) is 30.9. The van der Waals surface area contributed by atoms with E-state index in [1.165, 1.54) is 76.6 Å². The van der Waals surface area contributed by atoms with Gasteiger partial charge in [0.1, 0.15) is 17.5 Å². The Labute approximate surface area is 380 Å². The second kappa shape index (κ2) is 17.9. The van der Waals surface area contributed by atoms with Gasteiger partial charge >= 0.3 is 23.9 Å². The Kier molecular flexibility index (Phi) is 12.6. The normalized spacial score (nSPS) is 30.0. The van der Waals surface area contributed by atoms with E-state index >= 15 is 0 Å². The number of β-lactam (4-membered cyclic amide) rings is 2. The first kappa shape index (κ1) is 45.8. The number of aliphatic hydroxyl groups is 1. The summed E-state index contributed by atoms with van der Waals surface area (Å²) >= 11 is 2.60. The SMILES string of the molecule is CC(OC(=O)C1=C(S[C@@H]2CN[C@@H](C(=O)Nc3cccc(C(=O)O)c3)C2)[C@H](C)[C@@H]2[C@@H]([C@@H](C)O)C(=O)N12)[C@H]1C(=O)N2C(C(=O)O)=C(S[C@@H]3CN[C@@H](C(=O)Nc4cccc(C(=O)O)c4)C3)[C@H](C)[C@H]12. The zero-order valence-corrected chi connectivity index (χ0v) is 37.2. The van der Waals surface area contributed by atoms with Gasteiger partial charge in [0.25, 0.3) is 0 Å². The molecule has 4 saturated heterocycles. The maximum atomic E-state index is 14.3. The van der Waals surface area contributed by atoms with Gasteiger partial charge in [-0.1, -0.05) is 26.0 Å². The van der Waals surface area contributed by atoms with Gasteiger partial charge in [0.2, 0.25) is 23.6 Å². The molecule has 6 heterocycles. The highest BCUT2D eigenvalue weighted by atomic mass is 32.2. The van der Waals surface area contributed by atoms with Crippen molar-refractivity contribution in [3.63, 3.8) is 0 Å². The summed E-state index contributed by atoms with van der Waals surface area (Å²) in [4.78, 5) is 107. The third kappa shape index (κ3) is 8.39. The highest BCUT2D eigenvalue weighted by Gasteiger charge is 2.63. The molecule has 1 unspecified atom stereocenters. The third-order valence-corrected chi connectivity index (χ3v) is 16.1. The van der Waals surface area contributed by atoms with Crippen LogP contribution in [-0.4, -0.2) is 138 Å². The number of esters is 1. The van der Waals surface area contributed by atoms with Crippen LogP contribution in [0.15, 0.2) is 69.7 Å². The average molecular weight is 933 g/mol. The molecule has 0 aliphatic carbocycles. The first-order valence-electron chi connectivity index (χ1n) is 21.2. The Bertz CT molecular complexity index is 2460. The number of benzene rings is 2. The van der Waals surface area contributed by atoms with Crippen LogP contribution in [0.3, 0.4) is 0 Å². The minimum absolute atomic E-state index is 0.00486. The van der Waals surface area contributed by atoms with E-state index in [0.717, 1.165) is 0 Å². The highest BCUT2D eigenvalue weighted by molar-refractivity contribution is 8.04. The van der Waals surface area contributed by atoms with Crippen molar-refractivity contribution in [2.45, 2.75) is 87.4 Å². The molecule has 344 valence electrons. The summed E-state index contributed by atoms with van der Waals surface area (Å²) in [5.41, 5.74) is 0.511. The number of carbonyl (C=O) groups excluding carboxylic acids is 5. The molecule has 8 rings (SSSR count). The van der Waals surface area contributed by atoms with Crippen LogP contribution in [-0.2, 0) is 33.5 Å². The first-order valence-corrected chi connectivity index (χ1v) is 23.0. The fraction of sp³-hybridized carbons (Fsp3) is 0.455. The van der Waals surface area contributed by atoms with E-state index < -0.39 is 95.7 Å². The van der Waals surface area contributed by atoms with Gasteiger partial charge in [-0.3, -0.25) is 19.2 Å². The molecule has 6 aliphatic heterocycles. The molecule has 0 bridgehead atoms. The third-order valence-electron chi connectivity index (χ3n) is 13.0. The van der Waals surface area contributed by atoms with Gasteiger partial charge in [0.05, 0.1) is 53.2 Å². The average Bonchev–Trinajstić information content (AvgIpc) is 4.02. The number of carboxylic acid groups (broad SMARTS) is 3. The molecule has 4 fully saturated rings. The molecule has 21 heteroatoms. The Morgan fingerprint density at radius 3 is 1.60 bits per heavy atom. The predicted molar refractivity (Wildman–Crippen MR) is 235 cm³/mol. The maximum Gasteiger partial charge on any atom is 0.356 e. The molecule has 8 N–H and O–H groups in total. The van der Waals surface area contributed by atoms with Gasteiger partial charge in [-0.25, -0.2) is 19.2 Å². The number of amides is 4. The molecule has 6 aliphatic rings. The lowest BCUT2D eigenvalue weighted by molar-refractivity contribution is -0.174. The van der Waals surface area contributed by atoms with Crippen LogP contribution >= 0.6 is 23.5 Å². The zero-order chi connectivity index (χ0) is 46.8. The quantitative estimate of drug-likeness (QED) is 0.0940. The number of thioether (sulfide) groups is 2. The lowest BCUT2D eigenvalue weighted by Crippen LogP contribution is -2.65. The van der Waals surface area contributed by atoms with Crippen molar-refractivity contribution in [2.75, 3.05) is 23.7 Å². The van der Waals surface area contributed by atoms with E-state index in [-0.39, 0.29) is 44.8 Å². The lowest BCUT2D eigenvalue weighted by atomic mass is 9.79. The van der Waals surface area contributed by atoms with Gasteiger partial charge in [0.15, 0.2) is 0 Å². The zero-order valence-electron chi connectivity index (χ0n) is 35.5. The number of fused-ring (bicyclic) bond motifs is 2. The van der Waals surface area contributed by atoms with Crippen LogP contribution in [0.2, 0.25) is 0 Å². The summed E-state index contributed by atoms with van der Waals surface area (Å²) in [6, 6.07) is 9.24.